The third kappa shape index (κ3) is 5.61. The fraction of sp³-hybridized carbons (Fsp3) is 0.400. The Labute approximate surface area is 191 Å². The van der Waals surface area contributed by atoms with E-state index in [4.69, 9.17) is 0 Å². The molecule has 1 amide bonds. The second-order valence-electron chi connectivity index (χ2n) is 8.58. The zero-order valence-corrected chi connectivity index (χ0v) is 18.5. The predicted octanol–water partition coefficient (Wildman–Crippen LogP) is 5.00. The van der Waals surface area contributed by atoms with Crippen LogP contribution >= 0.6 is 0 Å². The maximum absolute atomic E-state index is 13.7. The first-order valence-corrected chi connectivity index (χ1v) is 11.2. The van der Waals surface area contributed by atoms with Gasteiger partial charge >= 0.3 is 6.18 Å². The number of amides is 1. The molecule has 0 radical (unpaired) electrons. The van der Waals surface area contributed by atoms with Crippen molar-refractivity contribution in [3.63, 3.8) is 0 Å². The highest BCUT2D eigenvalue weighted by Gasteiger charge is 2.39. The van der Waals surface area contributed by atoms with Gasteiger partial charge in [0.1, 0.15) is 0 Å². The first-order chi connectivity index (χ1) is 15.8. The maximum Gasteiger partial charge on any atom is 0.437 e. The zero-order valence-electron chi connectivity index (χ0n) is 18.5. The van der Waals surface area contributed by atoms with Crippen molar-refractivity contribution in [3.8, 4) is 0 Å². The molecule has 1 unspecified atom stereocenters. The first kappa shape index (κ1) is 23.0. The van der Waals surface area contributed by atoms with E-state index < -0.39 is 11.9 Å². The van der Waals surface area contributed by atoms with Crippen LogP contribution in [0.25, 0.3) is 11.0 Å². The number of halogens is 3. The number of rotatable bonds is 6. The summed E-state index contributed by atoms with van der Waals surface area (Å²) in [5.74, 6) is -0.407. The summed E-state index contributed by atoms with van der Waals surface area (Å²) in [5.41, 5.74) is 0.891. The van der Waals surface area contributed by atoms with Crippen molar-refractivity contribution in [2.75, 3.05) is 18.0 Å². The van der Waals surface area contributed by atoms with Gasteiger partial charge < -0.3 is 10.2 Å². The minimum atomic E-state index is -4.60. The number of piperidine rings is 1. The second-order valence-corrected chi connectivity index (χ2v) is 8.58. The normalized spacial score (nSPS) is 16.1. The van der Waals surface area contributed by atoms with Crippen LogP contribution in [0.3, 0.4) is 0 Å². The van der Waals surface area contributed by atoms with Gasteiger partial charge in [-0.15, -0.1) is 0 Å². The molecule has 174 valence electrons. The highest BCUT2D eigenvalue weighted by atomic mass is 19.4. The lowest BCUT2D eigenvalue weighted by Crippen LogP contribution is -2.44. The van der Waals surface area contributed by atoms with E-state index in [0.717, 1.165) is 12.8 Å². The SMILES string of the molecule is CC(CCc1ccccc1)NC(=O)C1CCN(c2nc3ccccc3nc2C(F)(F)F)CC1. The number of para-hydroxylation sites is 2. The first-order valence-electron chi connectivity index (χ1n) is 11.2. The molecule has 3 aromatic rings. The van der Waals surface area contributed by atoms with Crippen LogP contribution in [0.2, 0.25) is 0 Å². The average molecular weight is 457 g/mol. The quantitative estimate of drug-likeness (QED) is 0.567. The summed E-state index contributed by atoms with van der Waals surface area (Å²) in [4.78, 5) is 22.5. The van der Waals surface area contributed by atoms with Gasteiger partial charge in [-0.1, -0.05) is 42.5 Å². The van der Waals surface area contributed by atoms with Crippen molar-refractivity contribution in [1.29, 1.82) is 0 Å². The number of carbonyl (C=O) groups is 1. The molecule has 1 aliphatic rings. The van der Waals surface area contributed by atoms with Crippen LogP contribution in [0.5, 0.6) is 0 Å². The van der Waals surface area contributed by atoms with E-state index in [1.807, 2.05) is 25.1 Å². The van der Waals surface area contributed by atoms with Crippen LogP contribution in [-0.4, -0.2) is 35.0 Å². The molecule has 33 heavy (non-hydrogen) atoms. The smallest absolute Gasteiger partial charge is 0.355 e. The van der Waals surface area contributed by atoms with E-state index in [1.54, 1.807) is 23.1 Å². The topological polar surface area (TPSA) is 58.1 Å². The maximum atomic E-state index is 13.7. The van der Waals surface area contributed by atoms with Crippen LogP contribution < -0.4 is 10.2 Å². The molecule has 0 aliphatic carbocycles. The van der Waals surface area contributed by atoms with Crippen molar-refractivity contribution < 1.29 is 18.0 Å². The molecule has 1 aromatic heterocycles. The largest absolute Gasteiger partial charge is 0.437 e. The van der Waals surface area contributed by atoms with Crippen LogP contribution in [0.4, 0.5) is 19.0 Å². The lowest BCUT2D eigenvalue weighted by atomic mass is 9.95. The number of anilines is 1. The minimum absolute atomic E-state index is 0.0268. The molecule has 1 atom stereocenters. The molecular weight excluding hydrogens is 429 g/mol. The van der Waals surface area contributed by atoms with Gasteiger partial charge in [-0.25, -0.2) is 9.97 Å². The van der Waals surface area contributed by atoms with E-state index in [1.165, 1.54) is 11.6 Å². The number of aryl methyl sites for hydroxylation is 1. The number of hydrogen-bond acceptors (Lipinski definition) is 4. The van der Waals surface area contributed by atoms with Crippen LogP contribution in [-0.2, 0) is 17.4 Å². The molecule has 2 aromatic carbocycles. The fourth-order valence-corrected chi connectivity index (χ4v) is 4.22. The number of nitrogens with one attached hydrogen (secondary N) is 1. The number of benzene rings is 2. The van der Waals surface area contributed by atoms with Crippen molar-refractivity contribution in [1.82, 2.24) is 15.3 Å². The summed E-state index contributed by atoms with van der Waals surface area (Å²) in [6, 6.07) is 16.7. The summed E-state index contributed by atoms with van der Waals surface area (Å²) in [7, 11) is 0. The summed E-state index contributed by atoms with van der Waals surface area (Å²) in [5, 5.41) is 3.07. The molecule has 2 heterocycles. The van der Waals surface area contributed by atoms with Gasteiger partial charge in [-0.3, -0.25) is 4.79 Å². The Morgan fingerprint density at radius 1 is 1.03 bits per heavy atom. The van der Waals surface area contributed by atoms with Crippen molar-refractivity contribution >= 4 is 22.8 Å². The summed E-state index contributed by atoms with van der Waals surface area (Å²) in [6.45, 7) is 2.63. The number of fused-ring (bicyclic) bond motifs is 1. The molecular formula is C25H27F3N4O. The Morgan fingerprint density at radius 3 is 2.27 bits per heavy atom. The molecule has 0 saturated carbocycles. The van der Waals surface area contributed by atoms with Gasteiger partial charge in [-0.05, 0) is 50.3 Å². The highest BCUT2D eigenvalue weighted by molar-refractivity contribution is 5.79. The van der Waals surface area contributed by atoms with Gasteiger partial charge in [0.05, 0.1) is 11.0 Å². The highest BCUT2D eigenvalue weighted by Crippen LogP contribution is 2.36. The lowest BCUT2D eigenvalue weighted by molar-refractivity contribution is -0.140. The van der Waals surface area contributed by atoms with Gasteiger partial charge in [0.25, 0.3) is 0 Å². The number of carbonyl (C=O) groups excluding carboxylic acids is 1. The monoisotopic (exact) mass is 456 g/mol. The minimum Gasteiger partial charge on any atom is -0.355 e. The third-order valence-corrected chi connectivity index (χ3v) is 6.08. The Kier molecular flexibility index (Phi) is 6.81. The third-order valence-electron chi connectivity index (χ3n) is 6.08. The lowest BCUT2D eigenvalue weighted by Gasteiger charge is -2.33. The Morgan fingerprint density at radius 2 is 1.64 bits per heavy atom. The molecule has 1 N–H and O–H groups in total. The van der Waals surface area contributed by atoms with Gasteiger partial charge in [-0.2, -0.15) is 13.2 Å². The van der Waals surface area contributed by atoms with E-state index in [9.17, 15) is 18.0 Å². The van der Waals surface area contributed by atoms with E-state index >= 15 is 0 Å². The van der Waals surface area contributed by atoms with Gasteiger partial charge in [0.2, 0.25) is 5.91 Å². The van der Waals surface area contributed by atoms with Crippen molar-refractivity contribution in [2.45, 2.75) is 44.8 Å². The van der Waals surface area contributed by atoms with Crippen molar-refractivity contribution in [2.24, 2.45) is 5.92 Å². The molecule has 0 spiro atoms. The second kappa shape index (κ2) is 9.77. The number of nitrogens with zero attached hydrogens (tertiary/aromatic N) is 3. The molecule has 1 saturated heterocycles. The molecule has 5 nitrogen and oxygen atoms in total. The predicted molar refractivity (Wildman–Crippen MR) is 122 cm³/mol. The van der Waals surface area contributed by atoms with Gasteiger partial charge in [0, 0.05) is 25.0 Å². The molecule has 4 rings (SSSR count). The number of aromatic nitrogens is 2. The molecule has 1 fully saturated rings. The van der Waals surface area contributed by atoms with Crippen LogP contribution in [0.15, 0.2) is 54.6 Å². The van der Waals surface area contributed by atoms with Crippen molar-refractivity contribution in [3.05, 3.63) is 65.9 Å². The summed E-state index contributed by atoms with van der Waals surface area (Å²) < 4.78 is 41.0. The van der Waals surface area contributed by atoms with E-state index in [0.29, 0.717) is 31.4 Å². The van der Waals surface area contributed by atoms with Gasteiger partial charge in [0.15, 0.2) is 11.5 Å². The summed E-state index contributed by atoms with van der Waals surface area (Å²) in [6.07, 6.45) is -1.95. The molecule has 1 aliphatic heterocycles. The molecule has 8 heteroatoms. The standard InChI is InChI=1S/C25H27F3N4O/c1-17(11-12-18-7-3-2-4-8-18)29-24(33)19-13-15-32(16-14-19)23-22(25(26,27)28)30-20-9-5-6-10-21(20)31-23/h2-10,17,19H,11-16H2,1H3,(H,29,33). The van der Waals surface area contributed by atoms with E-state index in [-0.39, 0.29) is 29.2 Å². The Balaban J connectivity index is 1.37. The fourth-order valence-electron chi connectivity index (χ4n) is 4.22. The van der Waals surface area contributed by atoms with Crippen LogP contribution in [0.1, 0.15) is 37.4 Å². The average Bonchev–Trinajstić information content (AvgIpc) is 2.82. The van der Waals surface area contributed by atoms with E-state index in [2.05, 4.69) is 27.4 Å². The Bertz CT molecular complexity index is 1100. The number of hydrogen-bond donors (Lipinski definition) is 1. The zero-order chi connectivity index (χ0) is 23.4. The Hall–Kier alpha value is -3.16. The number of alkyl halides is 3. The van der Waals surface area contributed by atoms with Crippen LogP contribution in [0, 0.1) is 5.92 Å². The summed E-state index contributed by atoms with van der Waals surface area (Å²) >= 11 is 0. The molecule has 0 bridgehead atoms.